The molecule has 1 fully saturated rings. The number of likely N-dealkylation sites (N-methyl/N-ethyl adjacent to an activating group) is 1. The van der Waals surface area contributed by atoms with Crippen molar-refractivity contribution in [2.45, 2.75) is 51.1 Å². The zero-order valence-electron chi connectivity index (χ0n) is 13.2. The van der Waals surface area contributed by atoms with E-state index in [1.807, 2.05) is 6.20 Å². The summed E-state index contributed by atoms with van der Waals surface area (Å²) in [6.07, 6.45) is 9.78. The second kappa shape index (κ2) is 8.27. The molecule has 1 aromatic rings. The molecule has 120 valence electrons. The summed E-state index contributed by atoms with van der Waals surface area (Å²) in [5.41, 5.74) is 4.17. The number of hydrogen-bond acceptors (Lipinski definition) is 4. The molecule has 1 atom stereocenters. The van der Waals surface area contributed by atoms with Crippen LogP contribution in [0.3, 0.4) is 0 Å². The molecule has 2 rings (SSSR count). The molecule has 1 aliphatic rings. The lowest BCUT2D eigenvalue weighted by atomic mass is 9.97. The van der Waals surface area contributed by atoms with Crippen LogP contribution in [0.1, 0.15) is 50.3 Å². The van der Waals surface area contributed by atoms with E-state index in [2.05, 4.69) is 50.1 Å². The highest BCUT2D eigenvalue weighted by Gasteiger charge is 2.22. The van der Waals surface area contributed by atoms with E-state index in [4.69, 9.17) is 5.84 Å². The van der Waals surface area contributed by atoms with Gasteiger partial charge in [-0.25, -0.2) is 0 Å². The molecule has 1 aromatic heterocycles. The zero-order chi connectivity index (χ0) is 15.2. The van der Waals surface area contributed by atoms with Crippen molar-refractivity contribution in [3.8, 4) is 0 Å². The van der Waals surface area contributed by atoms with Crippen LogP contribution >= 0.6 is 15.9 Å². The Morgan fingerprint density at radius 1 is 1.48 bits per heavy atom. The fourth-order valence-electron chi connectivity index (χ4n) is 3.19. The van der Waals surface area contributed by atoms with Crippen molar-refractivity contribution in [2.75, 3.05) is 20.6 Å². The summed E-state index contributed by atoms with van der Waals surface area (Å²) in [4.78, 5) is 2.17. The van der Waals surface area contributed by atoms with Crippen LogP contribution in [0.2, 0.25) is 0 Å². The van der Waals surface area contributed by atoms with Gasteiger partial charge in [0.2, 0.25) is 0 Å². The van der Waals surface area contributed by atoms with Gasteiger partial charge in [0.15, 0.2) is 0 Å². The summed E-state index contributed by atoms with van der Waals surface area (Å²) in [5, 5.41) is 4.48. The van der Waals surface area contributed by atoms with Gasteiger partial charge in [-0.2, -0.15) is 5.10 Å². The van der Waals surface area contributed by atoms with E-state index in [9.17, 15) is 0 Å². The first kappa shape index (κ1) is 16.9. The summed E-state index contributed by atoms with van der Waals surface area (Å²) in [5.74, 6) is 6.71. The van der Waals surface area contributed by atoms with Gasteiger partial charge < -0.3 is 4.90 Å². The Labute approximate surface area is 136 Å². The number of hydrogen-bond donors (Lipinski definition) is 2. The SMILES string of the molecule is CN(C)CCn1ncc(Br)c1C(CCC1CCCC1)NN. The van der Waals surface area contributed by atoms with Crippen molar-refractivity contribution in [1.82, 2.24) is 20.1 Å². The summed E-state index contributed by atoms with van der Waals surface area (Å²) < 4.78 is 3.12. The van der Waals surface area contributed by atoms with Crippen molar-refractivity contribution in [3.05, 3.63) is 16.4 Å². The monoisotopic (exact) mass is 357 g/mol. The number of hydrazine groups is 1. The zero-order valence-corrected chi connectivity index (χ0v) is 14.8. The molecule has 21 heavy (non-hydrogen) atoms. The maximum Gasteiger partial charge on any atom is 0.0709 e. The predicted octanol–water partition coefficient (Wildman–Crippen LogP) is 2.68. The normalized spacial score (nSPS) is 17.8. The minimum absolute atomic E-state index is 0.171. The van der Waals surface area contributed by atoms with Gasteiger partial charge >= 0.3 is 0 Å². The molecule has 5 nitrogen and oxygen atoms in total. The minimum Gasteiger partial charge on any atom is -0.308 e. The van der Waals surface area contributed by atoms with Gasteiger partial charge in [-0.3, -0.25) is 16.0 Å². The Hall–Kier alpha value is -0.430. The molecule has 0 amide bonds. The van der Waals surface area contributed by atoms with E-state index in [0.717, 1.165) is 29.9 Å². The topological polar surface area (TPSA) is 59.1 Å². The Morgan fingerprint density at radius 2 is 2.19 bits per heavy atom. The first-order valence-electron chi connectivity index (χ1n) is 7.94. The molecule has 1 heterocycles. The highest BCUT2D eigenvalue weighted by atomic mass is 79.9. The molecular formula is C15H28BrN5. The Kier molecular flexibility index (Phi) is 6.67. The summed E-state index contributed by atoms with van der Waals surface area (Å²) in [6.45, 7) is 1.86. The third-order valence-electron chi connectivity index (χ3n) is 4.46. The Bertz CT molecular complexity index is 426. The third kappa shape index (κ3) is 4.77. The number of nitrogens with zero attached hydrogens (tertiary/aromatic N) is 3. The average molecular weight is 358 g/mol. The Balaban J connectivity index is 2.00. The maximum atomic E-state index is 5.82. The largest absolute Gasteiger partial charge is 0.308 e. The van der Waals surface area contributed by atoms with E-state index in [1.54, 1.807) is 0 Å². The van der Waals surface area contributed by atoms with Crippen LogP contribution in [0.25, 0.3) is 0 Å². The maximum absolute atomic E-state index is 5.82. The second-order valence-corrected chi connectivity index (χ2v) is 7.21. The number of nitrogens with one attached hydrogen (secondary N) is 1. The highest BCUT2D eigenvalue weighted by molar-refractivity contribution is 9.10. The van der Waals surface area contributed by atoms with Crippen LogP contribution in [-0.4, -0.2) is 35.3 Å². The van der Waals surface area contributed by atoms with Crippen LogP contribution in [0.4, 0.5) is 0 Å². The molecule has 0 radical (unpaired) electrons. The molecule has 6 heteroatoms. The van der Waals surface area contributed by atoms with Crippen LogP contribution in [0.5, 0.6) is 0 Å². The average Bonchev–Trinajstić information content (AvgIpc) is 3.08. The van der Waals surface area contributed by atoms with Crippen LogP contribution in [-0.2, 0) is 6.54 Å². The smallest absolute Gasteiger partial charge is 0.0709 e. The number of aromatic nitrogens is 2. The molecule has 1 unspecified atom stereocenters. The fraction of sp³-hybridized carbons (Fsp3) is 0.800. The molecule has 0 spiro atoms. The van der Waals surface area contributed by atoms with E-state index in [1.165, 1.54) is 37.8 Å². The van der Waals surface area contributed by atoms with E-state index < -0.39 is 0 Å². The van der Waals surface area contributed by atoms with Gasteiger partial charge in [-0.05, 0) is 48.8 Å². The van der Waals surface area contributed by atoms with Crippen LogP contribution < -0.4 is 11.3 Å². The lowest BCUT2D eigenvalue weighted by Gasteiger charge is -2.21. The first-order valence-corrected chi connectivity index (χ1v) is 8.73. The predicted molar refractivity (Wildman–Crippen MR) is 89.7 cm³/mol. The number of rotatable bonds is 8. The summed E-state index contributed by atoms with van der Waals surface area (Å²) in [6, 6.07) is 0.171. The van der Waals surface area contributed by atoms with Gasteiger partial charge in [-0.15, -0.1) is 0 Å². The van der Waals surface area contributed by atoms with Crippen molar-refractivity contribution < 1.29 is 0 Å². The van der Waals surface area contributed by atoms with Crippen molar-refractivity contribution in [2.24, 2.45) is 11.8 Å². The number of nitrogens with two attached hydrogens (primary N) is 1. The van der Waals surface area contributed by atoms with Crippen molar-refractivity contribution in [1.29, 1.82) is 0 Å². The molecule has 1 saturated carbocycles. The lowest BCUT2D eigenvalue weighted by molar-refractivity contribution is 0.352. The second-order valence-electron chi connectivity index (χ2n) is 6.35. The summed E-state index contributed by atoms with van der Waals surface area (Å²) >= 11 is 3.63. The van der Waals surface area contributed by atoms with Crippen molar-refractivity contribution in [3.63, 3.8) is 0 Å². The summed E-state index contributed by atoms with van der Waals surface area (Å²) in [7, 11) is 4.16. The molecular weight excluding hydrogens is 330 g/mol. The molecule has 1 aliphatic carbocycles. The molecule has 0 aliphatic heterocycles. The first-order chi connectivity index (χ1) is 10.1. The van der Waals surface area contributed by atoms with Crippen LogP contribution in [0, 0.1) is 5.92 Å². The van der Waals surface area contributed by atoms with Gasteiger partial charge in [-0.1, -0.05) is 25.7 Å². The standard InChI is InChI=1S/C15H28BrN5/c1-20(2)9-10-21-15(13(16)11-18-21)14(19-17)8-7-12-5-3-4-6-12/h11-12,14,19H,3-10,17H2,1-2H3. The number of halogens is 1. The van der Waals surface area contributed by atoms with Crippen LogP contribution in [0.15, 0.2) is 10.7 Å². The molecule has 0 saturated heterocycles. The minimum atomic E-state index is 0.171. The third-order valence-corrected chi connectivity index (χ3v) is 5.07. The van der Waals surface area contributed by atoms with Crippen molar-refractivity contribution >= 4 is 15.9 Å². The van der Waals surface area contributed by atoms with E-state index in [0.29, 0.717) is 0 Å². The van der Waals surface area contributed by atoms with E-state index in [-0.39, 0.29) is 6.04 Å². The Morgan fingerprint density at radius 3 is 2.81 bits per heavy atom. The molecule has 0 bridgehead atoms. The highest BCUT2D eigenvalue weighted by Crippen LogP contribution is 2.33. The van der Waals surface area contributed by atoms with Gasteiger partial charge in [0.1, 0.15) is 0 Å². The van der Waals surface area contributed by atoms with Gasteiger partial charge in [0.05, 0.1) is 29.0 Å². The quantitative estimate of drug-likeness (QED) is 0.554. The van der Waals surface area contributed by atoms with Gasteiger partial charge in [0.25, 0.3) is 0 Å². The lowest BCUT2D eigenvalue weighted by Crippen LogP contribution is -2.31. The van der Waals surface area contributed by atoms with E-state index >= 15 is 0 Å². The van der Waals surface area contributed by atoms with Gasteiger partial charge in [0, 0.05) is 6.54 Å². The molecule has 3 N–H and O–H groups in total. The molecule has 0 aromatic carbocycles. The fourth-order valence-corrected chi connectivity index (χ4v) is 3.76.